The summed E-state index contributed by atoms with van der Waals surface area (Å²) in [6, 6.07) is 0. The number of carbonyl (C=O) groups excluding carboxylic acids is 2. The Kier molecular flexibility index (Phi) is 10.3. The van der Waals surface area contributed by atoms with E-state index in [4.69, 9.17) is 9.47 Å². The van der Waals surface area contributed by atoms with Gasteiger partial charge in [0.15, 0.2) is 0 Å². The molecule has 5 nitrogen and oxygen atoms in total. The SMILES string of the molecule is C=C(C)C(=O)OCC(O)COC(=O)CC[P+](CC)(CC)CC. The van der Waals surface area contributed by atoms with Crippen LogP contribution in [0.5, 0.6) is 0 Å². The molecule has 0 aliphatic carbocycles. The Hall–Kier alpha value is -0.930. The quantitative estimate of drug-likeness (QED) is 0.357. The average molecular weight is 333 g/mol. The van der Waals surface area contributed by atoms with Gasteiger partial charge in [0.2, 0.25) is 0 Å². The lowest BCUT2D eigenvalue weighted by Gasteiger charge is -2.23. The topological polar surface area (TPSA) is 72.8 Å². The second kappa shape index (κ2) is 10.7. The molecule has 0 bridgehead atoms. The largest absolute Gasteiger partial charge is 0.463 e. The number of carbonyl (C=O) groups is 2. The summed E-state index contributed by atoms with van der Waals surface area (Å²) in [5.74, 6) is -0.862. The molecule has 0 aliphatic heterocycles. The molecule has 22 heavy (non-hydrogen) atoms. The molecule has 0 saturated carbocycles. The van der Waals surface area contributed by atoms with Gasteiger partial charge in [-0.3, -0.25) is 4.79 Å². The molecule has 0 spiro atoms. The fourth-order valence-electron chi connectivity index (χ4n) is 2.08. The number of rotatable bonds is 11. The maximum Gasteiger partial charge on any atom is 0.333 e. The standard InChI is InChI=1S/C16H30O5P/c1-6-22(7-2,8-3)10-9-15(18)20-11-14(17)12-21-16(19)13(4)5/h14,17H,4,6-12H2,1-3,5H3/q+1. The van der Waals surface area contributed by atoms with Crippen molar-refractivity contribution < 1.29 is 24.2 Å². The van der Waals surface area contributed by atoms with Crippen LogP contribution in [-0.4, -0.2) is 61.0 Å². The van der Waals surface area contributed by atoms with Crippen LogP contribution in [0.15, 0.2) is 12.2 Å². The van der Waals surface area contributed by atoms with E-state index in [9.17, 15) is 14.7 Å². The van der Waals surface area contributed by atoms with Crippen molar-refractivity contribution in [3.63, 3.8) is 0 Å². The molecule has 0 aromatic carbocycles. The normalized spacial score (nSPS) is 12.6. The van der Waals surface area contributed by atoms with Gasteiger partial charge in [0.25, 0.3) is 0 Å². The maximum atomic E-state index is 11.8. The van der Waals surface area contributed by atoms with Gasteiger partial charge in [-0.2, -0.15) is 0 Å². The zero-order valence-electron chi connectivity index (χ0n) is 14.3. The monoisotopic (exact) mass is 333 g/mol. The lowest BCUT2D eigenvalue weighted by Crippen LogP contribution is -2.26. The first-order valence-corrected chi connectivity index (χ1v) is 10.3. The first-order chi connectivity index (χ1) is 10.3. The van der Waals surface area contributed by atoms with Crippen LogP contribution >= 0.6 is 7.26 Å². The fraction of sp³-hybridized carbons (Fsp3) is 0.750. The minimum Gasteiger partial charge on any atom is -0.463 e. The van der Waals surface area contributed by atoms with Crippen molar-refractivity contribution in [2.45, 2.75) is 40.2 Å². The van der Waals surface area contributed by atoms with Gasteiger partial charge in [-0.1, -0.05) is 6.58 Å². The molecule has 0 radical (unpaired) electrons. The highest BCUT2D eigenvalue weighted by Gasteiger charge is 2.31. The molecular formula is C16H30O5P+. The second-order valence-electron chi connectivity index (χ2n) is 5.48. The van der Waals surface area contributed by atoms with Crippen LogP contribution in [0.1, 0.15) is 34.1 Å². The predicted molar refractivity (Wildman–Crippen MR) is 90.8 cm³/mol. The Morgan fingerprint density at radius 2 is 1.59 bits per heavy atom. The molecule has 128 valence electrons. The summed E-state index contributed by atoms with van der Waals surface area (Å²) in [7, 11) is -1.02. The van der Waals surface area contributed by atoms with Crippen molar-refractivity contribution in [3.8, 4) is 0 Å². The third kappa shape index (κ3) is 7.90. The van der Waals surface area contributed by atoms with E-state index in [1.807, 2.05) is 0 Å². The number of esters is 2. The molecule has 0 amide bonds. The van der Waals surface area contributed by atoms with Gasteiger partial charge in [0, 0.05) is 12.8 Å². The van der Waals surface area contributed by atoms with Crippen molar-refractivity contribution in [1.82, 2.24) is 0 Å². The van der Waals surface area contributed by atoms with E-state index in [1.165, 1.54) is 6.92 Å². The van der Waals surface area contributed by atoms with Crippen LogP contribution in [0, 0.1) is 0 Å². The number of ether oxygens (including phenoxy) is 2. The lowest BCUT2D eigenvalue weighted by molar-refractivity contribution is -0.150. The van der Waals surface area contributed by atoms with Crippen LogP contribution in [0.25, 0.3) is 0 Å². The fourth-order valence-corrected chi connectivity index (χ4v) is 5.03. The van der Waals surface area contributed by atoms with Crippen molar-refractivity contribution in [2.24, 2.45) is 0 Å². The van der Waals surface area contributed by atoms with Crippen LogP contribution in [0.4, 0.5) is 0 Å². The van der Waals surface area contributed by atoms with E-state index in [0.29, 0.717) is 6.42 Å². The summed E-state index contributed by atoms with van der Waals surface area (Å²) in [6.07, 6.45) is 3.72. The number of hydrogen-bond donors (Lipinski definition) is 1. The van der Waals surface area contributed by atoms with E-state index in [1.54, 1.807) is 0 Å². The maximum absolute atomic E-state index is 11.8. The summed E-state index contributed by atoms with van der Waals surface area (Å²) in [6.45, 7) is 11.2. The van der Waals surface area contributed by atoms with E-state index in [-0.39, 0.29) is 24.8 Å². The molecule has 0 aromatic rings. The van der Waals surface area contributed by atoms with Gasteiger partial charge in [-0.15, -0.1) is 0 Å². The van der Waals surface area contributed by atoms with E-state index in [0.717, 1.165) is 24.6 Å². The van der Waals surface area contributed by atoms with Crippen LogP contribution < -0.4 is 0 Å². The van der Waals surface area contributed by atoms with Gasteiger partial charge < -0.3 is 14.6 Å². The molecule has 0 heterocycles. The summed E-state index contributed by atoms with van der Waals surface area (Å²) in [5.41, 5.74) is 0.267. The van der Waals surface area contributed by atoms with Gasteiger partial charge >= 0.3 is 11.9 Å². The van der Waals surface area contributed by atoms with Crippen molar-refractivity contribution in [1.29, 1.82) is 0 Å². The molecular weight excluding hydrogens is 303 g/mol. The number of hydrogen-bond acceptors (Lipinski definition) is 5. The third-order valence-electron chi connectivity index (χ3n) is 3.99. The van der Waals surface area contributed by atoms with Crippen molar-refractivity contribution in [3.05, 3.63) is 12.2 Å². The molecule has 0 saturated heterocycles. The van der Waals surface area contributed by atoms with E-state index >= 15 is 0 Å². The zero-order valence-corrected chi connectivity index (χ0v) is 15.2. The smallest absolute Gasteiger partial charge is 0.333 e. The first kappa shape index (κ1) is 21.1. The van der Waals surface area contributed by atoms with Gasteiger partial charge in [-0.25, -0.2) is 4.79 Å². The Morgan fingerprint density at radius 1 is 1.09 bits per heavy atom. The van der Waals surface area contributed by atoms with E-state index in [2.05, 4.69) is 27.4 Å². The van der Waals surface area contributed by atoms with Gasteiger partial charge in [0.05, 0.1) is 31.1 Å². The second-order valence-corrected chi connectivity index (χ2v) is 10.5. The Bertz CT molecular complexity index is 368. The van der Waals surface area contributed by atoms with Crippen molar-refractivity contribution in [2.75, 3.05) is 37.9 Å². The Balaban J connectivity index is 4.03. The molecule has 1 atom stereocenters. The molecule has 0 rings (SSSR count). The first-order valence-electron chi connectivity index (χ1n) is 7.81. The molecule has 1 N–H and O–H groups in total. The number of aliphatic hydroxyl groups is 1. The minimum absolute atomic E-state index is 0.155. The van der Waals surface area contributed by atoms with Crippen LogP contribution in [0.3, 0.4) is 0 Å². The molecule has 0 aromatic heterocycles. The third-order valence-corrected chi connectivity index (χ3v) is 9.19. The Labute approximate surface area is 134 Å². The van der Waals surface area contributed by atoms with Gasteiger partial charge in [0.1, 0.15) is 19.3 Å². The molecule has 0 fully saturated rings. The Morgan fingerprint density at radius 3 is 2.05 bits per heavy atom. The molecule has 1 unspecified atom stereocenters. The van der Waals surface area contributed by atoms with Crippen LogP contribution in [-0.2, 0) is 19.1 Å². The number of aliphatic hydroxyl groups excluding tert-OH is 1. The average Bonchev–Trinajstić information content (AvgIpc) is 2.52. The molecule has 0 aliphatic rings. The summed E-state index contributed by atoms with van der Waals surface area (Å²) in [4.78, 5) is 22.9. The summed E-state index contributed by atoms with van der Waals surface area (Å²) >= 11 is 0. The highest BCUT2D eigenvalue weighted by Crippen LogP contribution is 2.58. The highest BCUT2D eigenvalue weighted by atomic mass is 31.2. The van der Waals surface area contributed by atoms with Crippen molar-refractivity contribution >= 4 is 19.2 Å². The lowest BCUT2D eigenvalue weighted by atomic mass is 10.3. The summed E-state index contributed by atoms with van der Waals surface area (Å²) < 4.78 is 9.83. The highest BCUT2D eigenvalue weighted by molar-refractivity contribution is 7.75. The predicted octanol–water partition coefficient (Wildman–Crippen LogP) is 2.48. The zero-order chi connectivity index (χ0) is 17.2. The minimum atomic E-state index is -1.02. The summed E-state index contributed by atoms with van der Waals surface area (Å²) in [5, 5.41) is 9.62. The van der Waals surface area contributed by atoms with Gasteiger partial charge in [-0.05, 0) is 27.7 Å². The van der Waals surface area contributed by atoms with E-state index < -0.39 is 19.3 Å². The van der Waals surface area contributed by atoms with Crippen LogP contribution in [0.2, 0.25) is 0 Å². The molecule has 6 heteroatoms.